The second-order valence-corrected chi connectivity index (χ2v) is 5.73. The van der Waals surface area contributed by atoms with E-state index in [1.165, 1.54) is 38.5 Å². The van der Waals surface area contributed by atoms with Gasteiger partial charge in [-0.1, -0.05) is 37.3 Å². The fourth-order valence-corrected chi connectivity index (χ4v) is 2.71. The van der Waals surface area contributed by atoms with E-state index in [4.69, 9.17) is 16.3 Å². The van der Waals surface area contributed by atoms with Crippen molar-refractivity contribution >= 4 is 11.6 Å². The summed E-state index contributed by atoms with van der Waals surface area (Å²) >= 11 is 5.83. The third-order valence-corrected chi connectivity index (χ3v) is 3.94. The Balaban J connectivity index is 1.55. The lowest BCUT2D eigenvalue weighted by Crippen LogP contribution is -2.30. The second-order valence-electron chi connectivity index (χ2n) is 5.30. The van der Waals surface area contributed by atoms with Crippen LogP contribution < -0.4 is 10.1 Å². The molecule has 0 saturated heterocycles. The van der Waals surface area contributed by atoms with E-state index in [-0.39, 0.29) is 0 Å². The summed E-state index contributed by atoms with van der Waals surface area (Å²) in [5.41, 5.74) is 0. The summed E-state index contributed by atoms with van der Waals surface area (Å²) in [7, 11) is 0. The van der Waals surface area contributed by atoms with Crippen molar-refractivity contribution in [1.29, 1.82) is 0 Å². The Labute approximate surface area is 121 Å². The van der Waals surface area contributed by atoms with E-state index < -0.39 is 0 Å². The van der Waals surface area contributed by atoms with Crippen LogP contribution in [0.25, 0.3) is 0 Å². The fraction of sp³-hybridized carbons (Fsp3) is 0.625. The van der Waals surface area contributed by atoms with Gasteiger partial charge in [-0.05, 0) is 50.1 Å². The third kappa shape index (κ3) is 5.84. The van der Waals surface area contributed by atoms with Gasteiger partial charge in [0, 0.05) is 11.1 Å². The van der Waals surface area contributed by atoms with Gasteiger partial charge in [-0.2, -0.15) is 0 Å². The molecule has 0 aliphatic heterocycles. The van der Waals surface area contributed by atoms with Crippen LogP contribution in [0, 0.1) is 0 Å². The number of rotatable bonds is 6. The third-order valence-electron chi connectivity index (χ3n) is 3.69. The summed E-state index contributed by atoms with van der Waals surface area (Å²) in [6.45, 7) is 1.82. The summed E-state index contributed by atoms with van der Waals surface area (Å²) in [6.07, 6.45) is 9.35. The van der Waals surface area contributed by atoms with Crippen LogP contribution in [0.15, 0.2) is 24.3 Å². The SMILES string of the molecule is Clc1ccc(OCCCNC2CCCCCC2)cc1. The molecule has 0 unspecified atom stereocenters. The maximum Gasteiger partial charge on any atom is 0.119 e. The van der Waals surface area contributed by atoms with Crippen LogP contribution in [0.5, 0.6) is 5.75 Å². The van der Waals surface area contributed by atoms with E-state index in [1.54, 1.807) is 0 Å². The highest BCUT2D eigenvalue weighted by atomic mass is 35.5. The van der Waals surface area contributed by atoms with Crippen molar-refractivity contribution in [2.45, 2.75) is 51.0 Å². The Kier molecular flexibility index (Phi) is 6.52. The minimum absolute atomic E-state index is 0.734. The lowest BCUT2D eigenvalue weighted by molar-refractivity contribution is 0.302. The molecule has 0 atom stereocenters. The van der Waals surface area contributed by atoms with Gasteiger partial charge in [-0.15, -0.1) is 0 Å². The zero-order valence-corrected chi connectivity index (χ0v) is 12.3. The van der Waals surface area contributed by atoms with Crippen LogP contribution in [0.1, 0.15) is 44.9 Å². The van der Waals surface area contributed by atoms with Crippen LogP contribution in [0.2, 0.25) is 5.02 Å². The highest BCUT2D eigenvalue weighted by Gasteiger charge is 2.10. The van der Waals surface area contributed by atoms with Crippen LogP contribution in [-0.2, 0) is 0 Å². The summed E-state index contributed by atoms with van der Waals surface area (Å²) < 4.78 is 5.68. The summed E-state index contributed by atoms with van der Waals surface area (Å²) in [5.74, 6) is 0.902. The molecule has 0 radical (unpaired) electrons. The van der Waals surface area contributed by atoms with Gasteiger partial charge >= 0.3 is 0 Å². The van der Waals surface area contributed by atoms with Gasteiger partial charge < -0.3 is 10.1 Å². The van der Waals surface area contributed by atoms with Crippen LogP contribution >= 0.6 is 11.6 Å². The molecule has 1 aliphatic rings. The number of nitrogens with one attached hydrogen (secondary N) is 1. The van der Waals surface area contributed by atoms with Gasteiger partial charge in [0.1, 0.15) is 5.75 Å². The molecule has 1 fully saturated rings. The molecular weight excluding hydrogens is 258 g/mol. The Morgan fingerprint density at radius 3 is 2.42 bits per heavy atom. The van der Waals surface area contributed by atoms with Crippen LogP contribution in [0.3, 0.4) is 0 Å². The van der Waals surface area contributed by atoms with Gasteiger partial charge in [0.25, 0.3) is 0 Å². The van der Waals surface area contributed by atoms with Crippen LogP contribution in [-0.4, -0.2) is 19.2 Å². The van der Waals surface area contributed by atoms with Crippen molar-refractivity contribution in [1.82, 2.24) is 5.32 Å². The normalized spacial score (nSPS) is 17.1. The van der Waals surface area contributed by atoms with Crippen molar-refractivity contribution in [3.8, 4) is 5.75 Å². The largest absolute Gasteiger partial charge is 0.494 e. The molecule has 1 saturated carbocycles. The first-order valence-corrected chi connectivity index (χ1v) is 7.84. The van der Waals surface area contributed by atoms with Crippen molar-refractivity contribution in [3.63, 3.8) is 0 Å². The first-order chi connectivity index (χ1) is 9.34. The molecule has 1 N–H and O–H groups in total. The lowest BCUT2D eigenvalue weighted by atomic mass is 10.1. The smallest absolute Gasteiger partial charge is 0.119 e. The molecule has 0 bridgehead atoms. The fourth-order valence-electron chi connectivity index (χ4n) is 2.58. The van der Waals surface area contributed by atoms with Crippen molar-refractivity contribution < 1.29 is 4.74 Å². The summed E-state index contributed by atoms with van der Waals surface area (Å²) in [5, 5.41) is 4.41. The van der Waals surface area contributed by atoms with Gasteiger partial charge in [0.05, 0.1) is 6.61 Å². The molecular formula is C16H24ClNO. The summed E-state index contributed by atoms with van der Waals surface area (Å²) in [6, 6.07) is 8.29. The minimum Gasteiger partial charge on any atom is -0.494 e. The maximum atomic E-state index is 5.83. The zero-order valence-electron chi connectivity index (χ0n) is 11.5. The molecule has 2 nitrogen and oxygen atoms in total. The molecule has 19 heavy (non-hydrogen) atoms. The predicted molar refractivity (Wildman–Crippen MR) is 81.1 cm³/mol. The topological polar surface area (TPSA) is 21.3 Å². The predicted octanol–water partition coefficient (Wildman–Crippen LogP) is 4.42. The Morgan fingerprint density at radius 1 is 1.05 bits per heavy atom. The first kappa shape index (κ1) is 14.7. The molecule has 0 spiro atoms. The number of benzene rings is 1. The molecule has 0 amide bonds. The van der Waals surface area contributed by atoms with Crippen molar-refractivity contribution in [3.05, 3.63) is 29.3 Å². The van der Waals surface area contributed by atoms with E-state index in [9.17, 15) is 0 Å². The minimum atomic E-state index is 0.734. The molecule has 2 rings (SSSR count). The van der Waals surface area contributed by atoms with Gasteiger partial charge in [-0.3, -0.25) is 0 Å². The van der Waals surface area contributed by atoms with Crippen molar-refractivity contribution in [2.24, 2.45) is 0 Å². The average molecular weight is 282 g/mol. The lowest BCUT2D eigenvalue weighted by Gasteiger charge is -2.16. The van der Waals surface area contributed by atoms with Crippen LogP contribution in [0.4, 0.5) is 0 Å². The Bertz CT molecular complexity index is 344. The van der Waals surface area contributed by atoms with Crippen molar-refractivity contribution in [2.75, 3.05) is 13.2 Å². The Hall–Kier alpha value is -0.730. The number of hydrogen-bond donors (Lipinski definition) is 1. The summed E-state index contributed by atoms with van der Waals surface area (Å²) in [4.78, 5) is 0. The van der Waals surface area contributed by atoms with Gasteiger partial charge in [0.15, 0.2) is 0 Å². The molecule has 1 aliphatic carbocycles. The molecule has 1 aromatic carbocycles. The Morgan fingerprint density at radius 2 is 1.74 bits per heavy atom. The second kappa shape index (κ2) is 8.44. The number of halogens is 1. The number of ether oxygens (including phenoxy) is 1. The zero-order chi connectivity index (χ0) is 13.3. The van der Waals surface area contributed by atoms with Gasteiger partial charge in [0.2, 0.25) is 0 Å². The first-order valence-electron chi connectivity index (χ1n) is 7.46. The quantitative estimate of drug-likeness (QED) is 0.615. The molecule has 0 aromatic heterocycles. The number of hydrogen-bond acceptors (Lipinski definition) is 2. The standard InChI is InChI=1S/C16H24ClNO/c17-14-8-10-16(11-9-14)19-13-5-12-18-15-6-3-1-2-4-7-15/h8-11,15,18H,1-7,12-13H2. The van der Waals surface area contributed by atoms with E-state index in [0.717, 1.165) is 36.4 Å². The van der Waals surface area contributed by atoms with E-state index in [0.29, 0.717) is 0 Å². The van der Waals surface area contributed by atoms with E-state index >= 15 is 0 Å². The molecule has 1 aromatic rings. The molecule has 3 heteroatoms. The highest BCUT2D eigenvalue weighted by molar-refractivity contribution is 6.30. The monoisotopic (exact) mass is 281 g/mol. The average Bonchev–Trinajstić information content (AvgIpc) is 2.69. The van der Waals surface area contributed by atoms with Gasteiger partial charge in [-0.25, -0.2) is 0 Å². The molecule has 0 heterocycles. The van der Waals surface area contributed by atoms with E-state index in [1.807, 2.05) is 24.3 Å². The maximum absolute atomic E-state index is 5.83. The van der Waals surface area contributed by atoms with E-state index in [2.05, 4.69) is 5.32 Å². The molecule has 106 valence electrons. The highest BCUT2D eigenvalue weighted by Crippen LogP contribution is 2.17.